The fourth-order valence-corrected chi connectivity index (χ4v) is 1.60. The molecule has 0 aliphatic carbocycles. The van der Waals surface area contributed by atoms with Crippen molar-refractivity contribution in [3.05, 3.63) is 23.8 Å². The van der Waals surface area contributed by atoms with Crippen LogP contribution in [0.15, 0.2) is 18.2 Å². The van der Waals surface area contributed by atoms with Gasteiger partial charge >= 0.3 is 12.6 Å². The Morgan fingerprint density at radius 2 is 2.10 bits per heavy atom. The highest BCUT2D eigenvalue weighted by molar-refractivity contribution is 5.97. The average molecular weight is 303 g/mol. The summed E-state index contributed by atoms with van der Waals surface area (Å²) in [5.41, 5.74) is -0.107. The van der Waals surface area contributed by atoms with E-state index in [0.717, 1.165) is 0 Å². The minimum absolute atomic E-state index is 0.00786. The molecule has 0 saturated carbocycles. The van der Waals surface area contributed by atoms with Gasteiger partial charge in [0, 0.05) is 13.0 Å². The van der Waals surface area contributed by atoms with Crippen LogP contribution in [0.3, 0.4) is 0 Å². The fourth-order valence-electron chi connectivity index (χ4n) is 1.60. The number of aliphatic carboxylic acids is 1. The van der Waals surface area contributed by atoms with E-state index < -0.39 is 18.5 Å². The number of para-hydroxylation sites is 1. The number of hydrogen-bond acceptors (Lipinski definition) is 4. The Balaban J connectivity index is 2.80. The number of carbonyl (C=O) groups excluding carboxylic acids is 1. The molecule has 0 aliphatic rings. The lowest BCUT2D eigenvalue weighted by Crippen LogP contribution is -2.26. The van der Waals surface area contributed by atoms with Gasteiger partial charge in [0.2, 0.25) is 0 Å². The van der Waals surface area contributed by atoms with Crippen LogP contribution in [-0.4, -0.2) is 37.2 Å². The number of methoxy groups -OCH3 is 1. The van der Waals surface area contributed by atoms with Crippen molar-refractivity contribution in [3.8, 4) is 11.5 Å². The molecular formula is C13H15F2NO5. The second kappa shape index (κ2) is 8.03. The predicted octanol–water partition coefficient (Wildman–Crippen LogP) is 1.89. The standard InChI is InChI=1S/C13H15F2NO5/c1-20-9-5-2-4-8(11(9)21-13(14)15)12(19)16-7-3-6-10(17)18/h2,4-5,13H,3,6-7H2,1H3,(H,16,19)(H,17,18). The number of halogens is 2. The lowest BCUT2D eigenvalue weighted by molar-refractivity contribution is -0.137. The normalized spacial score (nSPS) is 10.3. The van der Waals surface area contributed by atoms with E-state index in [9.17, 15) is 18.4 Å². The van der Waals surface area contributed by atoms with Crippen molar-refractivity contribution in [2.45, 2.75) is 19.5 Å². The Hall–Kier alpha value is -2.38. The maximum absolute atomic E-state index is 12.4. The lowest BCUT2D eigenvalue weighted by atomic mass is 10.1. The summed E-state index contributed by atoms with van der Waals surface area (Å²) in [6, 6.07) is 4.16. The molecule has 0 bridgehead atoms. The highest BCUT2D eigenvalue weighted by Gasteiger charge is 2.19. The Morgan fingerprint density at radius 1 is 1.38 bits per heavy atom. The van der Waals surface area contributed by atoms with Gasteiger partial charge in [0.1, 0.15) is 0 Å². The van der Waals surface area contributed by atoms with Crippen molar-refractivity contribution in [2.75, 3.05) is 13.7 Å². The molecule has 8 heteroatoms. The molecule has 0 heterocycles. The number of rotatable bonds is 8. The number of alkyl halides is 2. The first-order valence-electron chi connectivity index (χ1n) is 6.07. The molecular weight excluding hydrogens is 288 g/mol. The summed E-state index contributed by atoms with van der Waals surface area (Å²) in [7, 11) is 1.27. The minimum Gasteiger partial charge on any atom is -0.493 e. The summed E-state index contributed by atoms with van der Waals surface area (Å²) in [6.45, 7) is -2.99. The molecule has 0 radical (unpaired) electrons. The van der Waals surface area contributed by atoms with E-state index >= 15 is 0 Å². The van der Waals surface area contributed by atoms with Crippen molar-refractivity contribution >= 4 is 11.9 Å². The molecule has 1 amide bonds. The first kappa shape index (κ1) is 16.7. The van der Waals surface area contributed by atoms with E-state index in [2.05, 4.69) is 10.1 Å². The van der Waals surface area contributed by atoms with E-state index in [0.29, 0.717) is 0 Å². The number of hydrogen-bond donors (Lipinski definition) is 2. The Bertz CT molecular complexity index is 507. The molecule has 0 aliphatic heterocycles. The van der Waals surface area contributed by atoms with Gasteiger partial charge in [-0.2, -0.15) is 8.78 Å². The first-order chi connectivity index (χ1) is 9.95. The topological polar surface area (TPSA) is 84.9 Å². The first-order valence-corrected chi connectivity index (χ1v) is 6.07. The van der Waals surface area contributed by atoms with Crippen LogP contribution in [0.25, 0.3) is 0 Å². The van der Waals surface area contributed by atoms with Gasteiger partial charge < -0.3 is 19.9 Å². The second-order valence-corrected chi connectivity index (χ2v) is 3.97. The van der Waals surface area contributed by atoms with Crippen LogP contribution in [0.1, 0.15) is 23.2 Å². The van der Waals surface area contributed by atoms with Crippen LogP contribution in [0.2, 0.25) is 0 Å². The van der Waals surface area contributed by atoms with Crippen LogP contribution >= 0.6 is 0 Å². The van der Waals surface area contributed by atoms with Crippen molar-refractivity contribution in [1.29, 1.82) is 0 Å². The molecule has 0 spiro atoms. The smallest absolute Gasteiger partial charge is 0.387 e. The maximum atomic E-state index is 12.4. The molecule has 6 nitrogen and oxygen atoms in total. The van der Waals surface area contributed by atoms with Gasteiger partial charge in [-0.15, -0.1) is 0 Å². The highest BCUT2D eigenvalue weighted by Crippen LogP contribution is 2.32. The van der Waals surface area contributed by atoms with E-state index in [4.69, 9.17) is 9.84 Å². The quantitative estimate of drug-likeness (QED) is 0.716. The molecule has 0 atom stereocenters. The third-order valence-corrected chi connectivity index (χ3v) is 2.50. The number of ether oxygens (including phenoxy) is 2. The summed E-state index contributed by atoms with van der Waals surface area (Å²) < 4.78 is 34.0. The lowest BCUT2D eigenvalue weighted by Gasteiger charge is -2.14. The number of carboxylic acid groups (broad SMARTS) is 1. The summed E-state index contributed by atoms with van der Waals surface area (Å²) in [4.78, 5) is 22.3. The van der Waals surface area contributed by atoms with Gasteiger partial charge in [-0.25, -0.2) is 0 Å². The van der Waals surface area contributed by atoms with Gasteiger partial charge in [0.15, 0.2) is 11.5 Å². The van der Waals surface area contributed by atoms with Crippen molar-refractivity contribution in [1.82, 2.24) is 5.32 Å². The molecule has 116 valence electrons. The maximum Gasteiger partial charge on any atom is 0.387 e. The fraction of sp³-hybridized carbons (Fsp3) is 0.385. The van der Waals surface area contributed by atoms with Crippen molar-refractivity contribution < 1.29 is 33.0 Å². The van der Waals surface area contributed by atoms with Gasteiger partial charge in [-0.3, -0.25) is 9.59 Å². The van der Waals surface area contributed by atoms with Crippen molar-refractivity contribution in [3.63, 3.8) is 0 Å². The molecule has 2 N–H and O–H groups in total. The second-order valence-electron chi connectivity index (χ2n) is 3.97. The zero-order valence-corrected chi connectivity index (χ0v) is 11.3. The molecule has 1 aromatic rings. The number of carboxylic acids is 1. The molecule has 21 heavy (non-hydrogen) atoms. The third-order valence-electron chi connectivity index (χ3n) is 2.50. The third kappa shape index (κ3) is 5.25. The number of benzene rings is 1. The number of carbonyl (C=O) groups is 2. The van der Waals surface area contributed by atoms with Crippen LogP contribution < -0.4 is 14.8 Å². The van der Waals surface area contributed by atoms with Gasteiger partial charge in [0.05, 0.1) is 12.7 Å². The summed E-state index contributed by atoms with van der Waals surface area (Å²) in [6.07, 6.45) is 0.134. The Kier molecular flexibility index (Phi) is 6.38. The zero-order valence-electron chi connectivity index (χ0n) is 11.3. The SMILES string of the molecule is COc1cccc(C(=O)NCCCC(=O)O)c1OC(F)F. The Labute approximate surface area is 119 Å². The summed E-state index contributed by atoms with van der Waals surface area (Å²) >= 11 is 0. The zero-order chi connectivity index (χ0) is 15.8. The van der Waals surface area contributed by atoms with E-state index in [1.807, 2.05) is 0 Å². The molecule has 1 aromatic carbocycles. The molecule has 0 aromatic heterocycles. The van der Waals surface area contributed by atoms with Crippen LogP contribution in [0, 0.1) is 0 Å². The average Bonchev–Trinajstić information content (AvgIpc) is 2.42. The van der Waals surface area contributed by atoms with Gasteiger partial charge in [0.25, 0.3) is 5.91 Å². The summed E-state index contributed by atoms with van der Waals surface area (Å²) in [5.74, 6) is -1.97. The van der Waals surface area contributed by atoms with E-state index in [-0.39, 0.29) is 36.4 Å². The van der Waals surface area contributed by atoms with Crippen molar-refractivity contribution in [2.24, 2.45) is 0 Å². The van der Waals surface area contributed by atoms with E-state index in [1.54, 1.807) is 0 Å². The van der Waals surface area contributed by atoms with E-state index in [1.165, 1.54) is 25.3 Å². The van der Waals surface area contributed by atoms with Crippen LogP contribution in [0.5, 0.6) is 11.5 Å². The van der Waals surface area contributed by atoms with Gasteiger partial charge in [-0.05, 0) is 18.6 Å². The monoisotopic (exact) mass is 303 g/mol. The predicted molar refractivity (Wildman–Crippen MR) is 68.8 cm³/mol. The Morgan fingerprint density at radius 3 is 2.67 bits per heavy atom. The highest BCUT2D eigenvalue weighted by atomic mass is 19.3. The minimum atomic E-state index is -3.10. The largest absolute Gasteiger partial charge is 0.493 e. The molecule has 1 rings (SSSR count). The van der Waals surface area contributed by atoms with Crippen LogP contribution in [0.4, 0.5) is 8.78 Å². The molecule has 0 fully saturated rings. The number of amides is 1. The molecule has 0 unspecified atom stereocenters. The summed E-state index contributed by atoms with van der Waals surface area (Å²) in [5, 5.41) is 10.9. The van der Waals surface area contributed by atoms with Crippen LogP contribution in [-0.2, 0) is 4.79 Å². The molecule has 0 saturated heterocycles. The number of nitrogens with one attached hydrogen (secondary N) is 1. The van der Waals surface area contributed by atoms with Gasteiger partial charge in [-0.1, -0.05) is 6.07 Å².